The van der Waals surface area contributed by atoms with Crippen molar-refractivity contribution in [1.82, 2.24) is 44.9 Å². The van der Waals surface area contributed by atoms with Crippen molar-refractivity contribution >= 4 is 87.9 Å². The minimum Gasteiger partial charge on any atom is -0.501 e. The van der Waals surface area contributed by atoms with Crippen LogP contribution in [-0.2, 0) is 86.8 Å². The molecule has 0 fully saturated rings. The fraction of sp³-hybridized carbons (Fsp3) is 0.105. The summed E-state index contributed by atoms with van der Waals surface area (Å²) in [6.45, 7) is -2.22. The summed E-state index contributed by atoms with van der Waals surface area (Å²) in [6, 6.07) is 124. The van der Waals surface area contributed by atoms with Crippen LogP contribution in [0.15, 0.2) is 389 Å². The smallest absolute Gasteiger partial charge is 0.216 e. The zero-order valence-corrected chi connectivity index (χ0v) is 86.1. The van der Waals surface area contributed by atoms with E-state index in [9.17, 15) is 0 Å². The molecule has 0 aliphatic heterocycles. The second-order valence-electron chi connectivity index (χ2n) is 32.1. The van der Waals surface area contributed by atoms with Gasteiger partial charge in [0.25, 0.3) is 0 Å². The summed E-state index contributed by atoms with van der Waals surface area (Å²) in [4.78, 5) is 38.5. The van der Waals surface area contributed by atoms with Crippen molar-refractivity contribution in [1.29, 1.82) is 0 Å². The number of rotatable bonds is 10. The predicted molar refractivity (Wildman–Crippen MR) is 556 cm³/mol. The number of benzene rings is 11. The number of pyridine rings is 9. The predicted octanol–water partition coefficient (Wildman–Crippen LogP) is 31.3. The number of furan rings is 4. The van der Waals surface area contributed by atoms with Gasteiger partial charge in [0.15, 0.2) is 0 Å². The van der Waals surface area contributed by atoms with E-state index in [0.717, 1.165) is 173 Å². The van der Waals surface area contributed by atoms with Crippen LogP contribution in [0, 0.1) is 116 Å². The molecule has 0 aliphatic rings. The number of fused-ring (bicyclic) bond motifs is 12. The minimum absolute atomic E-state index is 0. The summed E-state index contributed by atoms with van der Waals surface area (Å²) in [5, 5.41) is 8.45. The third-order valence-electron chi connectivity index (χ3n) is 21.7. The number of aromatic nitrogens is 9. The van der Waals surface area contributed by atoms with E-state index in [4.69, 9.17) is 42.3 Å². The normalized spacial score (nSPS) is 13.0. The Hall–Kier alpha value is -14.4. The Morgan fingerprint density at radius 3 is 0.915 bits per heavy atom. The SMILES string of the molecule is Cc1ccnc(-c2[c-]ccc3c2oc2ccccc23)c1.Cc1ccnc(-c2[c-]ccc3c2oc2nc(C)ccc23)c1.[2H]C([2H])([2H])c1ccc(-c2[c-]ccc3c2oc2c(CC(C)C)cccc23)nc1.[2H]C([2H])([2H])c1ccc(-c2[c-]ccc3c2oc2ccccc23)nc1.[2H]C([2H])([2H])c1ccc(-c2[c-]cccc2)nc1.[2H]C([2H])([2H])c1ccc(-c2[c-]cccc2)nc1.[2H]C([2H])([2H])c1ccc(-c2[c-]cccc2)nc1.[2H]C([2H])([2H])c1ccc(-c2[c-]cccc2)nc1.[Ir].[Ir].[Ir].[Ir]. The summed E-state index contributed by atoms with van der Waals surface area (Å²) in [7, 11) is 0. The van der Waals surface area contributed by atoms with Crippen LogP contribution < -0.4 is 0 Å². The molecule has 11 aromatic carbocycles. The molecule has 0 unspecified atom stereocenters. The molecule has 24 rings (SSSR count). The van der Waals surface area contributed by atoms with Gasteiger partial charge in [-0.25, -0.2) is 4.98 Å². The fourth-order valence-corrected chi connectivity index (χ4v) is 15.1. The van der Waals surface area contributed by atoms with Crippen LogP contribution in [0.25, 0.3) is 178 Å². The number of aryl methyl sites for hydroxylation is 9. The second-order valence-corrected chi connectivity index (χ2v) is 32.1. The van der Waals surface area contributed by atoms with Gasteiger partial charge in [-0.2, -0.15) is 0 Å². The van der Waals surface area contributed by atoms with Gasteiger partial charge in [-0.15, -0.1) is 216 Å². The summed E-state index contributed by atoms with van der Waals surface area (Å²) in [6.07, 6.45) is 12.9. The van der Waals surface area contributed by atoms with E-state index >= 15 is 0 Å². The van der Waals surface area contributed by atoms with Crippen LogP contribution in [0.1, 0.15) is 94.3 Å². The van der Waals surface area contributed by atoms with Crippen molar-refractivity contribution in [2.24, 2.45) is 5.92 Å². The molecule has 0 spiro atoms. The zero-order valence-electron chi connectivity index (χ0n) is 94.5. The molecule has 141 heavy (non-hydrogen) atoms. The Bertz CT molecular complexity index is 8550. The molecule has 4 radical (unpaired) electrons. The molecule has 0 atom stereocenters. The topological polar surface area (TPSA) is 169 Å². The fourth-order valence-electron chi connectivity index (χ4n) is 15.1. The monoisotopic (exact) mass is 2570 g/mol. The standard InChI is InChI=1S/C22H20NO.C18H13N2O.2C18H12NO.4C12H10N.4Ir/c1-14(2)12-16-6-4-7-17-18-8-5-9-19(22(18)24-21(16)17)20-11-10-15(3)13-23-20;1-11-8-9-19-16(10-11)15-5-3-4-13-14-7-6-12(2)20-18(14)21-17(13)15;1-12-9-10-19-16(11-12)15-7-4-6-14-13-5-2-3-8-17(13)20-18(14)15;1-12-9-10-16(19-11-12)15-7-4-6-14-13-5-2-3-8-17(13)20-18(14)15;4*1-10-7-8-12(13-9-10)11-5-3-2-4-6-11;;;;/h4-8,10-11,13-14H,12H2,1-3H3;3-4,6-10H,1-2H3;2*2-6,8-11H,1H3;4*2-5,7-9H,1H3;;;;/q8*-1;;;;/i3D3;;;5*1D3;;;;. The third-order valence-corrected chi connectivity index (χ3v) is 21.7. The molecular formula is C124H97Ir4N9O4-8. The van der Waals surface area contributed by atoms with Crippen molar-refractivity contribution in [3.05, 3.63) is 475 Å². The Morgan fingerprint density at radius 1 is 0.255 bits per heavy atom. The Morgan fingerprint density at radius 2 is 0.574 bits per heavy atom. The molecule has 0 amide bonds. The summed E-state index contributed by atoms with van der Waals surface area (Å²) < 4.78 is 156. The van der Waals surface area contributed by atoms with Crippen LogP contribution in [0.4, 0.5) is 0 Å². The van der Waals surface area contributed by atoms with Crippen LogP contribution in [-0.4, -0.2) is 44.9 Å². The van der Waals surface area contributed by atoms with Crippen molar-refractivity contribution in [3.63, 3.8) is 0 Å². The molecule has 0 saturated carbocycles. The maximum absolute atomic E-state index is 7.50. The van der Waals surface area contributed by atoms with Crippen LogP contribution in [0.2, 0.25) is 0 Å². The number of hydrogen-bond acceptors (Lipinski definition) is 13. The number of nitrogens with zero attached hydrogens (tertiary/aromatic N) is 9. The van der Waals surface area contributed by atoms with Gasteiger partial charge in [0, 0.05) is 182 Å². The summed E-state index contributed by atoms with van der Waals surface area (Å²) in [5.41, 5.74) is 25.0. The molecule has 13 aromatic heterocycles. The molecular weight excluding hydrogens is 2450 g/mol. The van der Waals surface area contributed by atoms with Crippen molar-refractivity contribution < 1.29 is 123 Å². The molecule has 0 N–H and O–H groups in total. The van der Waals surface area contributed by atoms with Gasteiger partial charge in [-0.05, 0) is 195 Å². The molecule has 17 heteroatoms. The molecule has 0 saturated heterocycles. The first-order chi connectivity index (χ1) is 74.2. The van der Waals surface area contributed by atoms with E-state index in [1.54, 1.807) is 97.1 Å². The van der Waals surface area contributed by atoms with Gasteiger partial charge >= 0.3 is 0 Å². The van der Waals surface area contributed by atoms with Gasteiger partial charge in [0.05, 0.1) is 22.3 Å². The first-order valence-electron chi connectivity index (χ1n) is 53.0. The maximum atomic E-state index is 7.50. The van der Waals surface area contributed by atoms with Gasteiger partial charge in [0.1, 0.15) is 16.7 Å². The number of hydrogen-bond donors (Lipinski definition) is 0. The molecule has 0 bridgehead atoms. The zero-order chi connectivity index (χ0) is 110. The van der Waals surface area contributed by atoms with E-state index < -0.39 is 41.1 Å². The van der Waals surface area contributed by atoms with Crippen molar-refractivity contribution in [2.75, 3.05) is 0 Å². The largest absolute Gasteiger partial charge is 0.501 e. The number of para-hydroxylation sites is 3. The van der Waals surface area contributed by atoms with Crippen LogP contribution >= 0.6 is 0 Å². The van der Waals surface area contributed by atoms with Crippen molar-refractivity contribution in [3.8, 4) is 90.1 Å². The molecule has 13 nitrogen and oxygen atoms in total. The first kappa shape index (κ1) is 81.4. The van der Waals surface area contributed by atoms with Crippen LogP contribution in [0.3, 0.4) is 0 Å². The third kappa shape index (κ3) is 26.2. The van der Waals surface area contributed by atoms with E-state index in [0.29, 0.717) is 28.6 Å². The Balaban J connectivity index is 0.000000151. The van der Waals surface area contributed by atoms with Crippen molar-refractivity contribution in [2.45, 2.75) is 82.2 Å². The van der Waals surface area contributed by atoms with Crippen LogP contribution in [0.5, 0.6) is 0 Å². The van der Waals surface area contributed by atoms with E-state index in [-0.39, 0.29) is 114 Å². The Kier molecular flexibility index (Phi) is 28.8. The quantitative estimate of drug-likeness (QED) is 0.119. The summed E-state index contributed by atoms with van der Waals surface area (Å²) >= 11 is 0. The molecule has 24 aromatic rings. The average molecular weight is 2560 g/mol. The van der Waals surface area contributed by atoms with Gasteiger partial charge in [-0.3, -0.25) is 0 Å². The molecule has 13 heterocycles. The van der Waals surface area contributed by atoms with E-state index in [1.807, 2.05) is 207 Å². The van der Waals surface area contributed by atoms with E-state index in [2.05, 4.69) is 157 Å². The second kappa shape index (κ2) is 49.9. The summed E-state index contributed by atoms with van der Waals surface area (Å²) in [5.74, 6) is 0.531. The molecule has 0 aliphatic carbocycles. The van der Waals surface area contributed by atoms with Gasteiger partial charge < -0.3 is 57.5 Å². The average Bonchev–Trinajstić information content (AvgIpc) is 1.61. The van der Waals surface area contributed by atoms with Gasteiger partial charge in [-0.1, -0.05) is 208 Å². The minimum atomic E-state index is -2.16. The molecule has 706 valence electrons. The van der Waals surface area contributed by atoms with E-state index in [1.165, 1.54) is 48.3 Å². The Labute approximate surface area is 902 Å². The first-order valence-corrected chi connectivity index (χ1v) is 44.0. The van der Waals surface area contributed by atoms with Gasteiger partial charge in [0.2, 0.25) is 5.71 Å². The maximum Gasteiger partial charge on any atom is 0.216 e.